The molecule has 0 spiro atoms. The van der Waals surface area contributed by atoms with Gasteiger partial charge in [0.25, 0.3) is 0 Å². The summed E-state index contributed by atoms with van der Waals surface area (Å²) in [4.78, 5) is 0. The number of aliphatic hydroxyl groups is 1. The van der Waals surface area contributed by atoms with E-state index < -0.39 is 24.6 Å². The fourth-order valence-corrected chi connectivity index (χ4v) is 0.338. The Bertz CT molecular complexity index is 150. The van der Waals surface area contributed by atoms with E-state index in [4.69, 9.17) is 5.11 Å². The topological polar surface area (TPSA) is 20.2 Å². The van der Waals surface area contributed by atoms with Crippen LogP contribution in [0.5, 0.6) is 0 Å². The standard InChI is InChI=1S/C4H3F7O/c5-2(6)3(7,8)1(12)4(9,10)11/h1-2,12H/t1-/m0/s1. The fraction of sp³-hybridized carbons (Fsp3) is 1.00. The quantitative estimate of drug-likeness (QED) is 0.674. The van der Waals surface area contributed by atoms with Gasteiger partial charge in [0, 0.05) is 0 Å². The number of hydrogen-bond acceptors (Lipinski definition) is 1. The molecule has 74 valence electrons. The predicted octanol–water partition coefficient (Wildman–Crippen LogP) is 1.81. The van der Waals surface area contributed by atoms with E-state index >= 15 is 0 Å². The number of rotatable bonds is 2. The molecule has 0 aromatic rings. The lowest BCUT2D eigenvalue weighted by Crippen LogP contribution is -2.49. The van der Waals surface area contributed by atoms with Crippen molar-refractivity contribution in [1.82, 2.24) is 0 Å². The van der Waals surface area contributed by atoms with Crippen molar-refractivity contribution in [2.24, 2.45) is 0 Å². The molecule has 0 unspecified atom stereocenters. The van der Waals surface area contributed by atoms with E-state index in [9.17, 15) is 30.7 Å². The SMILES string of the molecule is O[C@H](C(F)(F)F)C(F)(F)C(F)F. The zero-order valence-electron chi connectivity index (χ0n) is 5.25. The van der Waals surface area contributed by atoms with Gasteiger partial charge in [-0.25, -0.2) is 8.78 Å². The minimum Gasteiger partial charge on any atom is -0.379 e. The highest BCUT2D eigenvalue weighted by Crippen LogP contribution is 2.35. The molecule has 0 saturated carbocycles. The zero-order valence-corrected chi connectivity index (χ0v) is 5.25. The minimum absolute atomic E-state index is 4.33. The molecular weight excluding hydrogens is 197 g/mol. The molecule has 1 N–H and O–H groups in total. The summed E-state index contributed by atoms with van der Waals surface area (Å²) in [6, 6.07) is 0. The number of hydrogen-bond donors (Lipinski definition) is 1. The smallest absolute Gasteiger partial charge is 0.379 e. The van der Waals surface area contributed by atoms with Gasteiger partial charge in [-0.3, -0.25) is 0 Å². The molecule has 0 amide bonds. The van der Waals surface area contributed by atoms with Crippen LogP contribution in [0.1, 0.15) is 0 Å². The summed E-state index contributed by atoms with van der Waals surface area (Å²) < 4.78 is 79.5. The van der Waals surface area contributed by atoms with Gasteiger partial charge < -0.3 is 5.11 Å². The Balaban J connectivity index is 4.57. The molecular formula is C4H3F7O. The van der Waals surface area contributed by atoms with E-state index in [1.807, 2.05) is 0 Å². The van der Waals surface area contributed by atoms with Crippen LogP contribution in [-0.2, 0) is 0 Å². The molecule has 0 aromatic heterocycles. The molecule has 0 aliphatic heterocycles. The van der Waals surface area contributed by atoms with Gasteiger partial charge in [0.2, 0.25) is 6.10 Å². The maximum atomic E-state index is 11.7. The second-order valence-electron chi connectivity index (χ2n) is 1.92. The highest BCUT2D eigenvalue weighted by molar-refractivity contribution is 4.84. The van der Waals surface area contributed by atoms with Crippen molar-refractivity contribution in [3.05, 3.63) is 0 Å². The van der Waals surface area contributed by atoms with Gasteiger partial charge in [0.1, 0.15) is 0 Å². The average molecular weight is 200 g/mol. The van der Waals surface area contributed by atoms with Gasteiger partial charge in [-0.2, -0.15) is 22.0 Å². The first-order valence-corrected chi connectivity index (χ1v) is 2.51. The van der Waals surface area contributed by atoms with E-state index in [0.29, 0.717) is 0 Å². The molecule has 0 heterocycles. The Morgan fingerprint density at radius 3 is 1.33 bits per heavy atom. The summed E-state index contributed by atoms with van der Waals surface area (Å²) in [7, 11) is 0. The second-order valence-corrected chi connectivity index (χ2v) is 1.92. The molecule has 1 nitrogen and oxygen atoms in total. The van der Waals surface area contributed by atoms with E-state index in [0.717, 1.165) is 0 Å². The van der Waals surface area contributed by atoms with Crippen LogP contribution < -0.4 is 0 Å². The van der Waals surface area contributed by atoms with Crippen LogP contribution in [0.25, 0.3) is 0 Å². The molecule has 1 atom stereocenters. The lowest BCUT2D eigenvalue weighted by atomic mass is 10.2. The van der Waals surface area contributed by atoms with Crippen molar-refractivity contribution in [3.8, 4) is 0 Å². The summed E-state index contributed by atoms with van der Waals surface area (Å²) in [6.45, 7) is 0. The van der Waals surface area contributed by atoms with Crippen molar-refractivity contribution < 1.29 is 35.8 Å². The van der Waals surface area contributed by atoms with Gasteiger partial charge in [-0.1, -0.05) is 0 Å². The van der Waals surface area contributed by atoms with Crippen molar-refractivity contribution in [3.63, 3.8) is 0 Å². The van der Waals surface area contributed by atoms with Crippen LogP contribution in [0.2, 0.25) is 0 Å². The lowest BCUT2D eigenvalue weighted by molar-refractivity contribution is -0.296. The van der Waals surface area contributed by atoms with Crippen molar-refractivity contribution in [2.75, 3.05) is 0 Å². The number of aliphatic hydroxyl groups excluding tert-OH is 1. The Kier molecular flexibility index (Phi) is 2.94. The monoisotopic (exact) mass is 200 g/mol. The molecule has 12 heavy (non-hydrogen) atoms. The summed E-state index contributed by atoms with van der Waals surface area (Å²) in [6.07, 6.45) is -14.6. The maximum absolute atomic E-state index is 11.7. The predicted molar refractivity (Wildman–Crippen MR) is 23.0 cm³/mol. The van der Waals surface area contributed by atoms with Gasteiger partial charge in [-0.05, 0) is 0 Å². The van der Waals surface area contributed by atoms with E-state index in [1.165, 1.54) is 0 Å². The van der Waals surface area contributed by atoms with Crippen LogP contribution in [0.15, 0.2) is 0 Å². The van der Waals surface area contributed by atoms with Crippen LogP contribution in [0.4, 0.5) is 30.7 Å². The first-order valence-electron chi connectivity index (χ1n) is 2.51. The molecule has 8 heteroatoms. The third-order valence-electron chi connectivity index (χ3n) is 0.966. The average Bonchev–Trinajstić information content (AvgIpc) is 1.83. The first kappa shape index (κ1) is 11.5. The van der Waals surface area contributed by atoms with Crippen LogP contribution in [-0.4, -0.2) is 29.7 Å². The number of halogens is 7. The highest BCUT2D eigenvalue weighted by atomic mass is 19.4. The lowest BCUT2D eigenvalue weighted by Gasteiger charge is -2.23. The summed E-state index contributed by atoms with van der Waals surface area (Å²) in [5.74, 6) is -5.46. The summed E-state index contributed by atoms with van der Waals surface area (Å²) >= 11 is 0. The zero-order chi connectivity index (χ0) is 10.2. The molecule has 0 aliphatic carbocycles. The molecule has 0 bridgehead atoms. The Labute approximate surface area is 61.8 Å². The van der Waals surface area contributed by atoms with Crippen LogP contribution >= 0.6 is 0 Å². The number of alkyl halides is 7. The summed E-state index contributed by atoms with van der Waals surface area (Å²) in [5, 5.41) is 7.73. The largest absolute Gasteiger partial charge is 0.420 e. The summed E-state index contributed by atoms with van der Waals surface area (Å²) in [5.41, 5.74) is 0. The van der Waals surface area contributed by atoms with E-state index in [-0.39, 0.29) is 0 Å². The van der Waals surface area contributed by atoms with Gasteiger partial charge in [-0.15, -0.1) is 0 Å². The molecule has 0 radical (unpaired) electrons. The van der Waals surface area contributed by atoms with Crippen LogP contribution in [0.3, 0.4) is 0 Å². The molecule has 0 rings (SSSR count). The molecule has 0 fully saturated rings. The minimum atomic E-state index is -5.75. The fourth-order valence-electron chi connectivity index (χ4n) is 0.338. The van der Waals surface area contributed by atoms with E-state index in [1.54, 1.807) is 0 Å². The van der Waals surface area contributed by atoms with Crippen molar-refractivity contribution in [2.45, 2.75) is 24.6 Å². The van der Waals surface area contributed by atoms with Gasteiger partial charge in [0.05, 0.1) is 0 Å². The van der Waals surface area contributed by atoms with E-state index in [2.05, 4.69) is 0 Å². The van der Waals surface area contributed by atoms with Crippen LogP contribution in [0, 0.1) is 0 Å². The third kappa shape index (κ3) is 2.23. The van der Waals surface area contributed by atoms with Gasteiger partial charge in [0.15, 0.2) is 0 Å². The Morgan fingerprint density at radius 1 is 0.917 bits per heavy atom. The van der Waals surface area contributed by atoms with Crippen molar-refractivity contribution in [1.29, 1.82) is 0 Å². The Morgan fingerprint density at radius 2 is 1.25 bits per heavy atom. The Hall–Kier alpha value is -0.530. The van der Waals surface area contributed by atoms with Gasteiger partial charge >= 0.3 is 18.5 Å². The maximum Gasteiger partial charge on any atom is 0.420 e. The molecule has 0 aliphatic rings. The highest BCUT2D eigenvalue weighted by Gasteiger charge is 2.60. The molecule has 0 saturated heterocycles. The first-order chi connectivity index (χ1) is 5.10. The third-order valence-corrected chi connectivity index (χ3v) is 0.966. The van der Waals surface area contributed by atoms with Crippen molar-refractivity contribution >= 4 is 0 Å². The second kappa shape index (κ2) is 3.08. The normalized spacial score (nSPS) is 16.8. The molecule has 0 aromatic carbocycles.